The molecular weight excluding hydrogens is 438 g/mol. The molecule has 3 aromatic rings. The average Bonchev–Trinajstić information content (AvgIpc) is 3.49. The third-order valence-electron chi connectivity index (χ3n) is 6.12. The van der Waals surface area contributed by atoms with E-state index in [1.165, 1.54) is 4.80 Å². The summed E-state index contributed by atoms with van der Waals surface area (Å²) in [7, 11) is 0. The molecule has 2 aromatic heterocycles. The molecule has 11 heteroatoms. The summed E-state index contributed by atoms with van der Waals surface area (Å²) in [6.45, 7) is 6.36. The number of thiazole rings is 1. The van der Waals surface area contributed by atoms with E-state index in [4.69, 9.17) is 21.1 Å². The van der Waals surface area contributed by atoms with Crippen LogP contribution in [0.3, 0.4) is 0 Å². The number of para-hydroxylation sites is 1. The molecule has 3 fully saturated rings. The Balaban J connectivity index is 1.09. The highest BCUT2D eigenvalue weighted by Crippen LogP contribution is 2.39. The minimum Gasteiger partial charge on any atom is -0.370 e. The Morgan fingerprint density at radius 3 is 2.58 bits per heavy atom. The summed E-state index contributed by atoms with van der Waals surface area (Å²) in [5, 5.41) is 14.6. The van der Waals surface area contributed by atoms with Gasteiger partial charge in [0.2, 0.25) is 5.82 Å². The van der Waals surface area contributed by atoms with E-state index in [1.807, 2.05) is 25.3 Å². The molecule has 0 aliphatic carbocycles. The summed E-state index contributed by atoms with van der Waals surface area (Å²) in [5.74, 6) is 1.82. The molecule has 9 nitrogen and oxygen atoms in total. The zero-order valence-electron chi connectivity index (χ0n) is 17.0. The predicted octanol–water partition coefficient (Wildman–Crippen LogP) is 2.74. The molecule has 0 saturated carbocycles. The topological polar surface area (TPSA) is 81.4 Å². The Labute approximate surface area is 188 Å². The fourth-order valence-corrected chi connectivity index (χ4v) is 5.76. The van der Waals surface area contributed by atoms with E-state index in [-0.39, 0.29) is 12.6 Å². The number of halogens is 1. The summed E-state index contributed by atoms with van der Waals surface area (Å²) in [6.07, 6.45) is 1.38. The molecule has 0 radical (unpaired) electrons. The minimum atomic E-state index is -0.302. The fraction of sp³-hybridized carbons (Fsp3) is 0.500. The molecule has 6 rings (SSSR count). The number of anilines is 2. The van der Waals surface area contributed by atoms with E-state index >= 15 is 0 Å². The largest absolute Gasteiger partial charge is 0.370 e. The van der Waals surface area contributed by atoms with E-state index in [1.54, 1.807) is 11.3 Å². The lowest BCUT2D eigenvalue weighted by Gasteiger charge is -2.32. The number of rotatable bonds is 5. The van der Waals surface area contributed by atoms with Crippen LogP contribution in [0.25, 0.3) is 10.7 Å². The van der Waals surface area contributed by atoms with E-state index in [9.17, 15) is 0 Å². The van der Waals surface area contributed by atoms with E-state index in [2.05, 4.69) is 42.3 Å². The van der Waals surface area contributed by atoms with Crippen LogP contribution >= 0.6 is 22.9 Å². The first kappa shape index (κ1) is 19.4. The van der Waals surface area contributed by atoms with Crippen LogP contribution in [0.4, 0.5) is 10.8 Å². The van der Waals surface area contributed by atoms with E-state index < -0.39 is 0 Å². The van der Waals surface area contributed by atoms with Crippen LogP contribution in [-0.4, -0.2) is 64.0 Å². The lowest BCUT2D eigenvalue weighted by Crippen LogP contribution is -2.41. The van der Waals surface area contributed by atoms with E-state index in [0.717, 1.165) is 46.9 Å². The highest BCUT2D eigenvalue weighted by Gasteiger charge is 2.41. The Morgan fingerprint density at radius 1 is 1.10 bits per heavy atom. The van der Waals surface area contributed by atoms with Crippen molar-refractivity contribution in [3.05, 3.63) is 35.5 Å². The number of benzene rings is 1. The van der Waals surface area contributed by atoms with Gasteiger partial charge in [-0.05, 0) is 24.3 Å². The first-order valence-corrected chi connectivity index (χ1v) is 11.6. The van der Waals surface area contributed by atoms with Crippen LogP contribution in [0.15, 0.2) is 30.5 Å². The number of hydrogen-bond donors (Lipinski definition) is 0. The second kappa shape index (κ2) is 7.70. The molecular formula is C20H22ClN7O2S. The van der Waals surface area contributed by atoms with Crippen molar-refractivity contribution in [3.8, 4) is 10.7 Å². The number of nitrogens with zero attached hydrogens (tertiary/aromatic N) is 7. The third kappa shape index (κ3) is 3.67. The molecule has 3 aliphatic heterocycles. The first-order valence-electron chi connectivity index (χ1n) is 10.4. The molecule has 3 aliphatic rings. The number of tetrazole rings is 1. The number of fused-ring (bicyclic) bond motifs is 1. The van der Waals surface area contributed by atoms with Gasteiger partial charge in [-0.25, -0.2) is 4.98 Å². The molecule has 5 heterocycles. The Morgan fingerprint density at radius 2 is 1.84 bits per heavy atom. The molecule has 0 spiro atoms. The van der Waals surface area contributed by atoms with Crippen molar-refractivity contribution in [3.63, 3.8) is 0 Å². The maximum Gasteiger partial charge on any atom is 0.216 e. The zero-order valence-corrected chi connectivity index (χ0v) is 18.5. The molecule has 0 amide bonds. The number of ether oxygens (including phenoxy) is 2. The zero-order chi connectivity index (χ0) is 20.9. The van der Waals surface area contributed by atoms with Crippen molar-refractivity contribution >= 4 is 33.8 Å². The monoisotopic (exact) mass is 459 g/mol. The molecule has 0 N–H and O–H groups in total. The van der Waals surface area contributed by atoms with Crippen LogP contribution < -0.4 is 9.80 Å². The van der Waals surface area contributed by atoms with Gasteiger partial charge in [-0.2, -0.15) is 4.80 Å². The van der Waals surface area contributed by atoms with Gasteiger partial charge < -0.3 is 19.3 Å². The second-order valence-electron chi connectivity index (χ2n) is 8.23. The molecule has 0 bridgehead atoms. The lowest BCUT2D eigenvalue weighted by molar-refractivity contribution is -0.380. The maximum absolute atomic E-state index is 6.40. The first-order chi connectivity index (χ1) is 15.1. The van der Waals surface area contributed by atoms with Crippen LogP contribution in [0.1, 0.15) is 6.92 Å². The van der Waals surface area contributed by atoms with Crippen LogP contribution in [0, 0.1) is 11.8 Å². The van der Waals surface area contributed by atoms with Crippen molar-refractivity contribution in [1.29, 1.82) is 0 Å². The molecule has 162 valence electrons. The maximum atomic E-state index is 6.40. The van der Waals surface area contributed by atoms with Gasteiger partial charge in [0, 0.05) is 38.0 Å². The summed E-state index contributed by atoms with van der Waals surface area (Å²) < 4.78 is 10.9. The van der Waals surface area contributed by atoms with Gasteiger partial charge in [-0.1, -0.05) is 35.1 Å². The van der Waals surface area contributed by atoms with Crippen molar-refractivity contribution in [2.45, 2.75) is 26.0 Å². The van der Waals surface area contributed by atoms with Gasteiger partial charge >= 0.3 is 0 Å². The van der Waals surface area contributed by atoms with Crippen molar-refractivity contribution in [1.82, 2.24) is 25.2 Å². The Hall–Kier alpha value is -2.27. The summed E-state index contributed by atoms with van der Waals surface area (Å²) in [4.78, 5) is 11.9. The number of aromatic nitrogens is 5. The summed E-state index contributed by atoms with van der Waals surface area (Å²) >= 11 is 8.01. The average molecular weight is 460 g/mol. The fourth-order valence-electron chi connectivity index (χ4n) is 4.64. The lowest BCUT2D eigenvalue weighted by atomic mass is 10.0. The van der Waals surface area contributed by atoms with Gasteiger partial charge in [0.1, 0.15) is 6.54 Å². The minimum absolute atomic E-state index is 0.159. The normalized spacial score (nSPS) is 27.5. The third-order valence-corrected chi connectivity index (χ3v) is 7.49. The molecule has 1 aromatic carbocycles. The van der Waals surface area contributed by atoms with Crippen molar-refractivity contribution in [2.75, 3.05) is 36.0 Å². The Bertz CT molecular complexity index is 1070. The Kier molecular flexibility index (Phi) is 4.82. The van der Waals surface area contributed by atoms with Gasteiger partial charge in [-0.15, -0.1) is 10.2 Å². The van der Waals surface area contributed by atoms with Gasteiger partial charge in [0.15, 0.2) is 17.7 Å². The quantitative estimate of drug-likeness (QED) is 0.576. The second-order valence-corrected chi connectivity index (χ2v) is 9.64. The van der Waals surface area contributed by atoms with Crippen LogP contribution in [0.5, 0.6) is 0 Å². The smallest absolute Gasteiger partial charge is 0.216 e. The molecule has 2 atom stereocenters. The van der Waals surface area contributed by atoms with Crippen LogP contribution in [0.2, 0.25) is 5.02 Å². The standard InChI is InChI=1S/C20H22ClN7O2S/c1-12-29-18(30-12)11-28-24-19(23-25-28)17-6-22-20(31-17)27-9-13-7-26(8-14(13)10-27)16-5-3-2-4-15(16)21/h2-6,12-14,18H,7-11H2,1H3. The van der Waals surface area contributed by atoms with Gasteiger partial charge in [-0.3, -0.25) is 0 Å². The summed E-state index contributed by atoms with van der Waals surface area (Å²) in [6, 6.07) is 8.10. The van der Waals surface area contributed by atoms with Crippen LogP contribution in [-0.2, 0) is 16.0 Å². The van der Waals surface area contributed by atoms with Crippen molar-refractivity contribution in [2.24, 2.45) is 11.8 Å². The molecule has 2 unspecified atom stereocenters. The highest BCUT2D eigenvalue weighted by molar-refractivity contribution is 7.18. The summed E-state index contributed by atoms with van der Waals surface area (Å²) in [5.41, 5.74) is 1.14. The molecule has 31 heavy (non-hydrogen) atoms. The predicted molar refractivity (Wildman–Crippen MR) is 117 cm³/mol. The van der Waals surface area contributed by atoms with Crippen molar-refractivity contribution < 1.29 is 9.47 Å². The van der Waals surface area contributed by atoms with Gasteiger partial charge in [0.25, 0.3) is 0 Å². The number of hydrogen-bond acceptors (Lipinski definition) is 9. The molecule has 3 saturated heterocycles. The highest BCUT2D eigenvalue weighted by atomic mass is 35.5. The van der Waals surface area contributed by atoms with E-state index in [0.29, 0.717) is 24.2 Å². The SMILES string of the molecule is CC1OC(Cn2nnc(-c3cnc(N4CC5CN(c6ccccc6Cl)CC5C4)s3)n2)O1. The van der Waals surface area contributed by atoms with Gasteiger partial charge in [0.05, 0.1) is 21.8 Å².